The van der Waals surface area contributed by atoms with Crippen molar-refractivity contribution in [3.8, 4) is 16.9 Å². The first kappa shape index (κ1) is 22.6. The van der Waals surface area contributed by atoms with Crippen LogP contribution in [0.2, 0.25) is 5.02 Å². The van der Waals surface area contributed by atoms with E-state index in [0.29, 0.717) is 29.3 Å². The van der Waals surface area contributed by atoms with Crippen LogP contribution in [0.25, 0.3) is 16.9 Å². The van der Waals surface area contributed by atoms with Crippen LogP contribution in [0.15, 0.2) is 59.4 Å². The lowest BCUT2D eigenvalue weighted by Crippen LogP contribution is -2.41. The summed E-state index contributed by atoms with van der Waals surface area (Å²) in [5.41, 5.74) is 0.196. The van der Waals surface area contributed by atoms with Crippen molar-refractivity contribution in [2.45, 2.75) is 12.5 Å². The Morgan fingerprint density at radius 3 is 2.65 bits per heavy atom. The number of methoxy groups -OCH3 is 1. The minimum atomic E-state index is -0.718. The highest BCUT2D eigenvalue weighted by atomic mass is 35.5. The Kier molecular flexibility index (Phi) is 7.51. The second kappa shape index (κ2) is 10.3. The number of aliphatic hydroxyl groups is 1. The van der Waals surface area contributed by atoms with Crippen molar-refractivity contribution >= 4 is 17.5 Å². The number of benzene rings is 2. The Bertz CT molecular complexity index is 1120. The van der Waals surface area contributed by atoms with Crippen LogP contribution in [0.4, 0.5) is 4.39 Å². The van der Waals surface area contributed by atoms with E-state index in [1.165, 1.54) is 31.4 Å². The number of nitrogens with one attached hydrogen (secondary N) is 1. The molecule has 0 radical (unpaired) electrons. The van der Waals surface area contributed by atoms with Gasteiger partial charge in [-0.15, -0.1) is 0 Å². The SMILES string of the molecule is COCCC(CO)NC(=O)c1cc(-c2ccc(Cl)cc2)nn(-c2cccc(F)c2)c1=O. The van der Waals surface area contributed by atoms with Gasteiger partial charge in [-0.3, -0.25) is 9.59 Å². The van der Waals surface area contributed by atoms with Gasteiger partial charge in [-0.25, -0.2) is 4.39 Å². The maximum absolute atomic E-state index is 13.8. The molecule has 0 aliphatic rings. The zero-order valence-electron chi connectivity index (χ0n) is 16.7. The van der Waals surface area contributed by atoms with Gasteiger partial charge < -0.3 is 15.2 Å². The quantitative estimate of drug-likeness (QED) is 0.556. The predicted octanol–water partition coefficient (Wildman–Crippen LogP) is 2.82. The zero-order valence-corrected chi connectivity index (χ0v) is 17.5. The van der Waals surface area contributed by atoms with E-state index in [1.54, 1.807) is 24.3 Å². The third-order valence-electron chi connectivity index (χ3n) is 4.57. The maximum atomic E-state index is 13.8. The highest BCUT2D eigenvalue weighted by Crippen LogP contribution is 2.20. The Hall–Kier alpha value is -3.07. The summed E-state index contributed by atoms with van der Waals surface area (Å²) in [6, 6.07) is 12.8. The molecule has 0 aliphatic heterocycles. The molecule has 1 atom stereocenters. The molecular formula is C22H21ClFN3O4. The van der Waals surface area contributed by atoms with Gasteiger partial charge in [-0.05, 0) is 42.8 Å². The molecule has 1 heterocycles. The minimum Gasteiger partial charge on any atom is -0.394 e. The first-order valence-corrected chi connectivity index (χ1v) is 9.87. The van der Waals surface area contributed by atoms with E-state index in [-0.39, 0.29) is 17.9 Å². The lowest BCUT2D eigenvalue weighted by Gasteiger charge is -2.16. The van der Waals surface area contributed by atoms with Crippen LogP contribution < -0.4 is 10.9 Å². The Morgan fingerprint density at radius 2 is 2.00 bits per heavy atom. The lowest BCUT2D eigenvalue weighted by molar-refractivity contribution is 0.0892. The fourth-order valence-corrected chi connectivity index (χ4v) is 3.06. The number of aliphatic hydroxyl groups excluding tert-OH is 1. The summed E-state index contributed by atoms with van der Waals surface area (Å²) in [6.45, 7) is 0.00765. The highest BCUT2D eigenvalue weighted by molar-refractivity contribution is 6.30. The molecule has 2 N–H and O–H groups in total. The van der Waals surface area contributed by atoms with E-state index in [4.69, 9.17) is 16.3 Å². The number of rotatable bonds is 8. The van der Waals surface area contributed by atoms with Crippen LogP contribution in [0, 0.1) is 5.82 Å². The third-order valence-corrected chi connectivity index (χ3v) is 4.83. The fourth-order valence-electron chi connectivity index (χ4n) is 2.93. The molecule has 7 nitrogen and oxygen atoms in total. The number of halogens is 2. The number of hydrogen-bond donors (Lipinski definition) is 2. The Morgan fingerprint density at radius 1 is 1.26 bits per heavy atom. The van der Waals surface area contributed by atoms with Crippen LogP contribution in [0.5, 0.6) is 0 Å². The molecule has 0 spiro atoms. The van der Waals surface area contributed by atoms with E-state index >= 15 is 0 Å². The number of nitrogens with zero attached hydrogens (tertiary/aromatic N) is 2. The van der Waals surface area contributed by atoms with Crippen LogP contribution in [0.1, 0.15) is 16.8 Å². The van der Waals surface area contributed by atoms with Crippen molar-refractivity contribution < 1.29 is 19.0 Å². The van der Waals surface area contributed by atoms with Crippen molar-refractivity contribution in [3.05, 3.63) is 81.4 Å². The molecular weight excluding hydrogens is 425 g/mol. The molecule has 31 heavy (non-hydrogen) atoms. The van der Waals surface area contributed by atoms with Crippen molar-refractivity contribution in [1.82, 2.24) is 15.1 Å². The average Bonchev–Trinajstić information content (AvgIpc) is 2.77. The summed E-state index contributed by atoms with van der Waals surface area (Å²) in [7, 11) is 1.51. The smallest absolute Gasteiger partial charge is 0.284 e. The van der Waals surface area contributed by atoms with Crippen molar-refractivity contribution in [2.75, 3.05) is 20.3 Å². The number of aromatic nitrogens is 2. The topological polar surface area (TPSA) is 93.4 Å². The molecule has 0 saturated carbocycles. The van der Waals surface area contributed by atoms with Gasteiger partial charge in [0.05, 0.1) is 24.0 Å². The minimum absolute atomic E-state index is 0.174. The molecule has 3 rings (SSSR count). The Balaban J connectivity index is 2.10. The molecule has 2 aromatic carbocycles. The summed E-state index contributed by atoms with van der Waals surface area (Å²) in [6.07, 6.45) is 0.367. The average molecular weight is 446 g/mol. The maximum Gasteiger partial charge on any atom is 0.284 e. The van der Waals surface area contributed by atoms with Gasteiger partial charge in [0.15, 0.2) is 0 Å². The first-order valence-electron chi connectivity index (χ1n) is 9.50. The van der Waals surface area contributed by atoms with E-state index in [1.807, 2.05) is 0 Å². The molecule has 1 unspecified atom stereocenters. The molecule has 0 aliphatic carbocycles. The second-order valence-electron chi connectivity index (χ2n) is 6.78. The van der Waals surface area contributed by atoms with Crippen molar-refractivity contribution in [1.29, 1.82) is 0 Å². The molecule has 162 valence electrons. The van der Waals surface area contributed by atoms with E-state index in [2.05, 4.69) is 10.4 Å². The summed E-state index contributed by atoms with van der Waals surface area (Å²) in [5.74, 6) is -1.23. The van der Waals surface area contributed by atoms with Crippen molar-refractivity contribution in [3.63, 3.8) is 0 Å². The number of carbonyl (C=O) groups is 1. The van der Waals surface area contributed by atoms with Crippen LogP contribution >= 0.6 is 11.6 Å². The number of carbonyl (C=O) groups excluding carboxylic acids is 1. The van der Waals surface area contributed by atoms with E-state index in [0.717, 1.165) is 10.7 Å². The standard InChI is InChI=1S/C22H21ClFN3O4/c1-31-10-9-17(13-28)25-21(29)19-12-20(14-5-7-15(23)8-6-14)26-27(22(19)30)18-4-2-3-16(24)11-18/h2-8,11-12,17,28H,9-10,13H2,1H3,(H,25,29). The monoisotopic (exact) mass is 445 g/mol. The highest BCUT2D eigenvalue weighted by Gasteiger charge is 2.20. The van der Waals surface area contributed by atoms with Gasteiger partial charge >= 0.3 is 0 Å². The summed E-state index contributed by atoms with van der Waals surface area (Å²) in [5, 5.41) is 17.0. The number of ether oxygens (including phenoxy) is 1. The number of amides is 1. The van der Waals surface area contributed by atoms with Crippen molar-refractivity contribution in [2.24, 2.45) is 0 Å². The van der Waals surface area contributed by atoms with Crippen LogP contribution in [-0.2, 0) is 4.74 Å². The van der Waals surface area contributed by atoms with Gasteiger partial charge in [-0.2, -0.15) is 9.78 Å². The van der Waals surface area contributed by atoms with Gasteiger partial charge in [0, 0.05) is 24.3 Å². The van der Waals surface area contributed by atoms with Crippen LogP contribution in [0.3, 0.4) is 0 Å². The van der Waals surface area contributed by atoms with Gasteiger partial charge in [-0.1, -0.05) is 29.8 Å². The molecule has 1 amide bonds. The second-order valence-corrected chi connectivity index (χ2v) is 7.22. The number of hydrogen-bond acceptors (Lipinski definition) is 5. The molecule has 9 heteroatoms. The van der Waals surface area contributed by atoms with E-state index in [9.17, 15) is 19.1 Å². The first-order chi connectivity index (χ1) is 14.9. The van der Waals surface area contributed by atoms with E-state index < -0.39 is 23.3 Å². The summed E-state index contributed by atoms with van der Waals surface area (Å²) < 4.78 is 19.7. The van der Waals surface area contributed by atoms with Gasteiger partial charge in [0.2, 0.25) is 0 Å². The van der Waals surface area contributed by atoms with Gasteiger partial charge in [0.25, 0.3) is 11.5 Å². The molecule has 0 fully saturated rings. The third kappa shape index (κ3) is 5.55. The Labute approximate surface area is 183 Å². The summed E-state index contributed by atoms with van der Waals surface area (Å²) in [4.78, 5) is 25.9. The van der Waals surface area contributed by atoms with Crippen LogP contribution in [-0.4, -0.2) is 47.2 Å². The lowest BCUT2D eigenvalue weighted by atomic mass is 10.1. The van der Waals surface area contributed by atoms with Gasteiger partial charge in [0.1, 0.15) is 11.4 Å². The molecule has 0 saturated heterocycles. The summed E-state index contributed by atoms with van der Waals surface area (Å²) >= 11 is 5.95. The molecule has 1 aromatic heterocycles. The molecule has 3 aromatic rings. The zero-order chi connectivity index (χ0) is 22.4. The fraction of sp³-hybridized carbons (Fsp3) is 0.227. The predicted molar refractivity (Wildman–Crippen MR) is 115 cm³/mol. The molecule has 0 bridgehead atoms. The largest absolute Gasteiger partial charge is 0.394 e. The normalized spacial score (nSPS) is 11.9.